The summed E-state index contributed by atoms with van der Waals surface area (Å²) in [6.45, 7) is 0. The lowest BCUT2D eigenvalue weighted by atomic mass is 9.84. The third kappa shape index (κ3) is 3.43. The standard InChI is InChI=1S/C51H31N3/c1-5-17-31(18-6-1)43-44(32-19-7-2-8-20-32)46-37-29-42-38(30-41(37)53-39-27-15-13-25-35(39)45(43)50(46)53)49-51-47(36-26-14-16-28-40(36)54(42)51)48(33-21-9-3-10-22-33)52(49)34-23-11-4-12-24-34/h1-30,44H. The SMILES string of the molecule is c1ccc(C2=c3c4ccccc4n4c3c(c3cc5c(cc34)c3c4c(c(-c6ccccc6)n3-c3ccccc3)c3ccccc3n54)C2c2ccccc2)cc1. The Bertz CT molecular complexity index is 3510. The lowest BCUT2D eigenvalue weighted by Crippen LogP contribution is -2.08. The van der Waals surface area contributed by atoms with Gasteiger partial charge in [-0.25, -0.2) is 0 Å². The molecule has 5 aromatic heterocycles. The molecular weight excluding hydrogens is 655 g/mol. The highest BCUT2D eigenvalue weighted by atomic mass is 15.1. The molecule has 0 radical (unpaired) electrons. The molecule has 1 aliphatic carbocycles. The first kappa shape index (κ1) is 28.5. The van der Waals surface area contributed by atoms with Gasteiger partial charge < -0.3 is 13.4 Å². The van der Waals surface area contributed by atoms with Gasteiger partial charge in [0, 0.05) is 43.8 Å². The molecule has 1 unspecified atom stereocenters. The van der Waals surface area contributed by atoms with E-state index in [1.54, 1.807) is 0 Å². The highest BCUT2D eigenvalue weighted by molar-refractivity contribution is 6.29. The molecule has 0 amide bonds. The van der Waals surface area contributed by atoms with Gasteiger partial charge >= 0.3 is 0 Å². The molecule has 1 aliphatic rings. The first-order valence-corrected chi connectivity index (χ1v) is 18.8. The highest BCUT2D eigenvalue weighted by Crippen LogP contribution is 2.52. The van der Waals surface area contributed by atoms with Gasteiger partial charge in [0.15, 0.2) is 0 Å². The molecular formula is C51H31N3. The van der Waals surface area contributed by atoms with Crippen LogP contribution in [0.3, 0.4) is 0 Å². The monoisotopic (exact) mass is 685 g/mol. The van der Waals surface area contributed by atoms with E-state index in [4.69, 9.17) is 0 Å². The van der Waals surface area contributed by atoms with Gasteiger partial charge in [-0.15, -0.1) is 0 Å². The fourth-order valence-electron chi connectivity index (χ4n) is 10.2. The smallest absolute Gasteiger partial charge is 0.0811 e. The highest BCUT2D eigenvalue weighted by Gasteiger charge is 2.36. The number of hydrogen-bond acceptors (Lipinski definition) is 0. The van der Waals surface area contributed by atoms with Crippen LogP contribution in [-0.2, 0) is 0 Å². The van der Waals surface area contributed by atoms with Gasteiger partial charge in [0.05, 0.1) is 44.3 Å². The zero-order chi connectivity index (χ0) is 35.1. The Morgan fingerprint density at radius 1 is 0.389 bits per heavy atom. The van der Waals surface area contributed by atoms with Crippen molar-refractivity contribution in [1.29, 1.82) is 0 Å². The van der Waals surface area contributed by atoms with Crippen molar-refractivity contribution in [1.82, 2.24) is 13.4 Å². The molecule has 0 saturated heterocycles. The van der Waals surface area contributed by atoms with E-state index < -0.39 is 0 Å². The van der Waals surface area contributed by atoms with Crippen LogP contribution in [-0.4, -0.2) is 13.4 Å². The number of rotatable bonds is 4. The zero-order valence-electron chi connectivity index (χ0n) is 29.2. The molecule has 3 heteroatoms. The molecule has 0 N–H and O–H groups in total. The van der Waals surface area contributed by atoms with Crippen LogP contribution in [0.5, 0.6) is 0 Å². The molecule has 250 valence electrons. The fourth-order valence-corrected chi connectivity index (χ4v) is 10.2. The molecule has 5 heterocycles. The van der Waals surface area contributed by atoms with E-state index in [9.17, 15) is 0 Å². The predicted molar refractivity (Wildman–Crippen MR) is 224 cm³/mol. The average molecular weight is 686 g/mol. The van der Waals surface area contributed by atoms with Gasteiger partial charge in [-0.2, -0.15) is 0 Å². The third-order valence-corrected chi connectivity index (χ3v) is 12.2. The van der Waals surface area contributed by atoms with E-state index in [2.05, 4.69) is 195 Å². The Labute approximate surface area is 310 Å². The quantitative estimate of drug-likeness (QED) is 0.175. The number of para-hydroxylation sites is 3. The lowest BCUT2D eigenvalue weighted by molar-refractivity contribution is 1.09. The summed E-state index contributed by atoms with van der Waals surface area (Å²) in [6, 6.07) is 67.1. The molecule has 0 spiro atoms. The Balaban J connectivity index is 1.28. The summed E-state index contributed by atoms with van der Waals surface area (Å²) in [5.41, 5.74) is 17.9. The molecule has 0 saturated carbocycles. The van der Waals surface area contributed by atoms with E-state index in [0.717, 1.165) is 0 Å². The minimum absolute atomic E-state index is 0.0989. The van der Waals surface area contributed by atoms with Gasteiger partial charge in [0.25, 0.3) is 0 Å². The van der Waals surface area contributed by atoms with E-state index in [1.807, 2.05) is 0 Å². The van der Waals surface area contributed by atoms with Crippen LogP contribution in [0.15, 0.2) is 182 Å². The molecule has 54 heavy (non-hydrogen) atoms. The van der Waals surface area contributed by atoms with Crippen LogP contribution >= 0.6 is 0 Å². The molecule has 7 aromatic carbocycles. The van der Waals surface area contributed by atoms with Crippen LogP contribution in [0.2, 0.25) is 0 Å². The molecule has 12 aromatic rings. The normalized spacial score (nSPS) is 14.4. The fraction of sp³-hybridized carbons (Fsp3) is 0.0196. The van der Waals surface area contributed by atoms with Crippen molar-refractivity contribution in [2.24, 2.45) is 0 Å². The minimum atomic E-state index is 0.0989. The van der Waals surface area contributed by atoms with E-state index >= 15 is 0 Å². The second-order valence-corrected chi connectivity index (χ2v) is 14.8. The second kappa shape index (κ2) is 10.3. The number of nitrogens with zero attached hydrogens (tertiary/aromatic N) is 3. The van der Waals surface area contributed by atoms with Gasteiger partial charge in [0.2, 0.25) is 0 Å². The minimum Gasteiger partial charge on any atom is -0.308 e. The molecule has 0 bridgehead atoms. The van der Waals surface area contributed by atoms with Gasteiger partial charge in [-0.1, -0.05) is 146 Å². The lowest BCUT2D eigenvalue weighted by Gasteiger charge is -2.18. The van der Waals surface area contributed by atoms with E-state index in [1.165, 1.54) is 110 Å². The Morgan fingerprint density at radius 2 is 0.926 bits per heavy atom. The summed E-state index contributed by atoms with van der Waals surface area (Å²) in [5, 5.41) is 7.85. The number of fused-ring (bicyclic) bond motifs is 12. The van der Waals surface area contributed by atoms with Crippen molar-refractivity contribution < 1.29 is 0 Å². The topological polar surface area (TPSA) is 13.8 Å². The molecule has 3 nitrogen and oxygen atoms in total. The number of aromatic nitrogens is 3. The maximum Gasteiger partial charge on any atom is 0.0811 e. The Morgan fingerprint density at radius 3 is 1.65 bits per heavy atom. The maximum absolute atomic E-state index is 2.58. The third-order valence-electron chi connectivity index (χ3n) is 12.2. The molecule has 13 rings (SSSR count). The van der Waals surface area contributed by atoms with Crippen LogP contribution in [0, 0.1) is 0 Å². The predicted octanol–water partition coefficient (Wildman–Crippen LogP) is 11.9. The molecule has 1 atom stereocenters. The Kier molecular flexibility index (Phi) is 5.42. The van der Waals surface area contributed by atoms with Gasteiger partial charge in [0.1, 0.15) is 0 Å². The van der Waals surface area contributed by atoms with Crippen LogP contribution < -0.4 is 5.22 Å². The van der Waals surface area contributed by atoms with Crippen molar-refractivity contribution in [2.45, 2.75) is 5.92 Å². The summed E-state index contributed by atoms with van der Waals surface area (Å²) in [5.74, 6) is 0.0989. The van der Waals surface area contributed by atoms with Gasteiger partial charge in [-0.05, 0) is 64.2 Å². The average Bonchev–Trinajstić information content (AvgIpc) is 4.06. The molecule has 0 fully saturated rings. The van der Waals surface area contributed by atoms with Crippen LogP contribution in [0.4, 0.5) is 0 Å². The number of hydrogen-bond donors (Lipinski definition) is 0. The second-order valence-electron chi connectivity index (χ2n) is 14.8. The summed E-state index contributed by atoms with van der Waals surface area (Å²) >= 11 is 0. The van der Waals surface area contributed by atoms with Crippen molar-refractivity contribution in [3.05, 3.63) is 204 Å². The first-order chi connectivity index (χ1) is 26.9. The van der Waals surface area contributed by atoms with Crippen molar-refractivity contribution in [2.75, 3.05) is 0 Å². The summed E-state index contributed by atoms with van der Waals surface area (Å²) < 4.78 is 7.67. The zero-order valence-corrected chi connectivity index (χ0v) is 29.2. The summed E-state index contributed by atoms with van der Waals surface area (Å²) in [7, 11) is 0. The van der Waals surface area contributed by atoms with Crippen molar-refractivity contribution in [3.8, 4) is 16.9 Å². The van der Waals surface area contributed by atoms with Crippen molar-refractivity contribution in [3.63, 3.8) is 0 Å². The summed E-state index contributed by atoms with van der Waals surface area (Å²) in [6.07, 6.45) is 0. The summed E-state index contributed by atoms with van der Waals surface area (Å²) in [4.78, 5) is 0. The molecule has 0 aliphatic heterocycles. The Hall–Kier alpha value is -7.10. The number of benzene rings is 7. The van der Waals surface area contributed by atoms with Gasteiger partial charge in [-0.3, -0.25) is 0 Å². The van der Waals surface area contributed by atoms with E-state index in [-0.39, 0.29) is 5.92 Å². The van der Waals surface area contributed by atoms with Crippen molar-refractivity contribution >= 4 is 71.1 Å². The van der Waals surface area contributed by atoms with Crippen LogP contribution in [0.1, 0.15) is 22.6 Å². The first-order valence-electron chi connectivity index (χ1n) is 18.8. The van der Waals surface area contributed by atoms with Crippen LogP contribution in [0.25, 0.3) is 88.1 Å². The maximum atomic E-state index is 2.58. The van der Waals surface area contributed by atoms with E-state index in [0.29, 0.717) is 0 Å². The largest absolute Gasteiger partial charge is 0.308 e.